The number of carbonyl (C=O) groups is 1. The standard InChI is InChI=1S/C22H21N3O2/c1-14-6-11-20-24-21-17(4-3-5-19(21)22(27)25(20)13-14)12-16-7-9-18(10-8-16)23-15(2)26/h6-13H,3-5H2,1-2H3,(H,23,26). The number of allylic oxidation sites excluding steroid dienone is 1. The topological polar surface area (TPSA) is 63.5 Å². The van der Waals surface area contributed by atoms with Crippen LogP contribution in [0.25, 0.3) is 17.3 Å². The Kier molecular flexibility index (Phi) is 4.36. The number of nitrogens with zero attached hydrogens (tertiary/aromatic N) is 2. The van der Waals surface area contributed by atoms with Gasteiger partial charge in [0.2, 0.25) is 5.91 Å². The second kappa shape index (κ2) is 6.83. The van der Waals surface area contributed by atoms with E-state index >= 15 is 0 Å². The minimum Gasteiger partial charge on any atom is -0.326 e. The third-order valence-electron chi connectivity index (χ3n) is 4.81. The van der Waals surface area contributed by atoms with E-state index in [1.54, 1.807) is 4.40 Å². The minimum absolute atomic E-state index is 0.0327. The van der Waals surface area contributed by atoms with E-state index in [1.165, 1.54) is 6.92 Å². The van der Waals surface area contributed by atoms with Gasteiger partial charge < -0.3 is 5.32 Å². The maximum atomic E-state index is 12.9. The Morgan fingerprint density at radius 3 is 2.67 bits per heavy atom. The van der Waals surface area contributed by atoms with Crippen LogP contribution in [0.3, 0.4) is 0 Å². The predicted molar refractivity (Wildman–Crippen MR) is 108 cm³/mol. The second-order valence-corrected chi connectivity index (χ2v) is 7.01. The lowest BCUT2D eigenvalue weighted by Crippen LogP contribution is -2.24. The number of pyridine rings is 1. The first-order valence-corrected chi connectivity index (χ1v) is 9.12. The molecule has 2 heterocycles. The molecule has 0 radical (unpaired) electrons. The summed E-state index contributed by atoms with van der Waals surface area (Å²) in [5, 5.41) is 2.77. The molecule has 3 aromatic rings. The van der Waals surface area contributed by atoms with Gasteiger partial charge in [0.25, 0.3) is 5.56 Å². The molecule has 0 fully saturated rings. The fraction of sp³-hybridized carbons (Fsp3) is 0.227. The van der Waals surface area contributed by atoms with Crippen LogP contribution in [0.5, 0.6) is 0 Å². The summed E-state index contributed by atoms with van der Waals surface area (Å²) in [6, 6.07) is 11.5. The van der Waals surface area contributed by atoms with E-state index in [2.05, 4.69) is 11.4 Å². The lowest BCUT2D eigenvalue weighted by atomic mass is 9.90. The zero-order valence-corrected chi connectivity index (χ0v) is 15.5. The Balaban J connectivity index is 1.77. The summed E-state index contributed by atoms with van der Waals surface area (Å²) < 4.78 is 1.65. The molecule has 2 aromatic heterocycles. The molecule has 1 aliphatic rings. The smallest absolute Gasteiger partial charge is 0.261 e. The fourth-order valence-corrected chi connectivity index (χ4v) is 3.55. The molecule has 0 unspecified atom stereocenters. The number of aromatic nitrogens is 2. The van der Waals surface area contributed by atoms with Crippen molar-refractivity contribution >= 4 is 28.9 Å². The number of nitrogens with one attached hydrogen (secondary N) is 1. The van der Waals surface area contributed by atoms with Crippen molar-refractivity contribution in [3.05, 3.63) is 75.3 Å². The summed E-state index contributed by atoms with van der Waals surface area (Å²) in [6.07, 6.45) is 6.54. The quantitative estimate of drug-likeness (QED) is 0.756. The number of benzene rings is 1. The highest BCUT2D eigenvalue weighted by Crippen LogP contribution is 2.30. The van der Waals surface area contributed by atoms with Crippen molar-refractivity contribution in [1.82, 2.24) is 9.38 Å². The lowest BCUT2D eigenvalue weighted by molar-refractivity contribution is -0.114. The van der Waals surface area contributed by atoms with Crippen LogP contribution in [-0.2, 0) is 11.2 Å². The monoisotopic (exact) mass is 359 g/mol. The Bertz CT molecular complexity index is 1120. The largest absolute Gasteiger partial charge is 0.326 e. The summed E-state index contributed by atoms with van der Waals surface area (Å²) in [5.41, 5.74) is 6.25. The zero-order chi connectivity index (χ0) is 19.0. The number of hydrogen-bond acceptors (Lipinski definition) is 3. The van der Waals surface area contributed by atoms with Crippen molar-refractivity contribution in [1.29, 1.82) is 0 Å². The van der Waals surface area contributed by atoms with E-state index in [0.717, 1.165) is 52.9 Å². The van der Waals surface area contributed by atoms with Crippen LogP contribution in [0.2, 0.25) is 0 Å². The van der Waals surface area contributed by atoms with Crippen molar-refractivity contribution < 1.29 is 4.79 Å². The summed E-state index contributed by atoms with van der Waals surface area (Å²) in [5.74, 6) is -0.0888. The number of amides is 1. The number of fused-ring (bicyclic) bond motifs is 2. The Hall–Kier alpha value is -3.21. The zero-order valence-electron chi connectivity index (χ0n) is 15.5. The molecule has 1 aliphatic carbocycles. The van der Waals surface area contributed by atoms with Crippen molar-refractivity contribution in [2.24, 2.45) is 0 Å². The van der Waals surface area contributed by atoms with Gasteiger partial charge in [0.05, 0.1) is 5.69 Å². The van der Waals surface area contributed by atoms with Crippen LogP contribution in [0.4, 0.5) is 5.69 Å². The van der Waals surface area contributed by atoms with Crippen LogP contribution in [-0.4, -0.2) is 15.3 Å². The van der Waals surface area contributed by atoms with Gasteiger partial charge in [-0.3, -0.25) is 14.0 Å². The lowest BCUT2D eigenvalue weighted by Gasteiger charge is -2.18. The maximum Gasteiger partial charge on any atom is 0.261 e. The summed E-state index contributed by atoms with van der Waals surface area (Å²) in [6.45, 7) is 3.46. The average Bonchev–Trinajstić information content (AvgIpc) is 2.64. The molecule has 1 N–H and O–H groups in total. The van der Waals surface area contributed by atoms with Gasteiger partial charge in [-0.25, -0.2) is 4.98 Å². The Labute approximate surface area is 157 Å². The van der Waals surface area contributed by atoms with Gasteiger partial charge in [-0.2, -0.15) is 0 Å². The van der Waals surface area contributed by atoms with Crippen LogP contribution in [0, 0.1) is 6.92 Å². The molecule has 1 amide bonds. The molecule has 0 aliphatic heterocycles. The molecule has 27 heavy (non-hydrogen) atoms. The summed E-state index contributed by atoms with van der Waals surface area (Å²) >= 11 is 0. The van der Waals surface area contributed by atoms with Gasteiger partial charge in [0.15, 0.2) is 0 Å². The van der Waals surface area contributed by atoms with Crippen LogP contribution >= 0.6 is 0 Å². The molecule has 5 heteroatoms. The fourth-order valence-electron chi connectivity index (χ4n) is 3.55. The first-order valence-electron chi connectivity index (χ1n) is 9.12. The highest BCUT2D eigenvalue weighted by molar-refractivity contribution is 5.89. The van der Waals surface area contributed by atoms with Crippen LogP contribution < -0.4 is 10.9 Å². The normalized spacial score (nSPS) is 15.0. The van der Waals surface area contributed by atoms with Gasteiger partial charge in [-0.1, -0.05) is 18.2 Å². The molecular weight excluding hydrogens is 338 g/mol. The minimum atomic E-state index is -0.0888. The highest BCUT2D eigenvalue weighted by atomic mass is 16.1. The highest BCUT2D eigenvalue weighted by Gasteiger charge is 2.20. The second-order valence-electron chi connectivity index (χ2n) is 7.01. The summed E-state index contributed by atoms with van der Waals surface area (Å²) in [7, 11) is 0. The predicted octanol–water partition coefficient (Wildman–Crippen LogP) is 3.84. The molecule has 0 bridgehead atoms. The number of rotatable bonds is 2. The maximum absolute atomic E-state index is 12.9. The van der Waals surface area contributed by atoms with Crippen molar-refractivity contribution in [3.63, 3.8) is 0 Å². The van der Waals surface area contributed by atoms with E-state index in [9.17, 15) is 9.59 Å². The third-order valence-corrected chi connectivity index (χ3v) is 4.81. The molecule has 0 atom stereocenters. The Morgan fingerprint density at radius 2 is 1.93 bits per heavy atom. The first-order chi connectivity index (χ1) is 13.0. The van der Waals surface area contributed by atoms with Gasteiger partial charge in [-0.15, -0.1) is 0 Å². The number of carbonyl (C=O) groups excluding carboxylic acids is 1. The number of anilines is 1. The number of hydrogen-bond donors (Lipinski definition) is 1. The van der Waals surface area contributed by atoms with Gasteiger partial charge in [0.1, 0.15) is 5.65 Å². The molecule has 1 aromatic carbocycles. The molecule has 136 valence electrons. The van der Waals surface area contributed by atoms with Gasteiger partial charge in [-0.05, 0) is 67.2 Å². The molecule has 0 spiro atoms. The molecule has 0 saturated heterocycles. The van der Waals surface area contributed by atoms with Gasteiger partial charge in [0, 0.05) is 24.4 Å². The number of aryl methyl sites for hydroxylation is 1. The Morgan fingerprint density at radius 1 is 1.15 bits per heavy atom. The van der Waals surface area contributed by atoms with E-state index in [0.29, 0.717) is 5.65 Å². The molecular formula is C22H21N3O2. The molecule has 5 nitrogen and oxygen atoms in total. The van der Waals surface area contributed by atoms with Gasteiger partial charge >= 0.3 is 0 Å². The van der Waals surface area contributed by atoms with Crippen molar-refractivity contribution in [2.75, 3.05) is 5.32 Å². The van der Waals surface area contributed by atoms with E-state index in [-0.39, 0.29) is 11.5 Å². The average molecular weight is 359 g/mol. The SMILES string of the molecule is CC(=O)Nc1ccc(C=C2CCCc3c2nc2ccc(C)cn2c3=O)cc1. The summed E-state index contributed by atoms with van der Waals surface area (Å²) in [4.78, 5) is 28.9. The van der Waals surface area contributed by atoms with E-state index < -0.39 is 0 Å². The van der Waals surface area contributed by atoms with Crippen LogP contribution in [0.1, 0.15) is 42.1 Å². The van der Waals surface area contributed by atoms with Crippen LogP contribution in [0.15, 0.2) is 47.4 Å². The molecule has 4 rings (SSSR count). The van der Waals surface area contributed by atoms with E-state index in [4.69, 9.17) is 4.98 Å². The van der Waals surface area contributed by atoms with Crippen molar-refractivity contribution in [2.45, 2.75) is 33.1 Å². The third kappa shape index (κ3) is 3.40. The van der Waals surface area contributed by atoms with E-state index in [1.807, 2.05) is 49.5 Å². The molecule has 0 saturated carbocycles. The first kappa shape index (κ1) is 17.2. The van der Waals surface area contributed by atoms with Crippen molar-refractivity contribution in [3.8, 4) is 0 Å².